The Bertz CT molecular complexity index is 2350. The zero-order valence-electron chi connectivity index (χ0n) is 43.5. The smallest absolute Gasteiger partial charge is 0.870 e. The van der Waals surface area contributed by atoms with Crippen molar-refractivity contribution in [2.24, 2.45) is 23.7 Å². The van der Waals surface area contributed by atoms with E-state index in [4.69, 9.17) is 9.47 Å². The molecule has 15 nitrogen and oxygen atoms in total. The maximum absolute atomic E-state index is 13.6. The van der Waals surface area contributed by atoms with Gasteiger partial charge in [0.1, 0.15) is 23.9 Å². The van der Waals surface area contributed by atoms with Crippen LogP contribution in [0.1, 0.15) is 128 Å². The summed E-state index contributed by atoms with van der Waals surface area (Å²) in [7, 11) is 3.51. The van der Waals surface area contributed by atoms with Gasteiger partial charge in [-0.1, -0.05) is 48.5 Å². The number of ether oxygens (including phenoxy) is 2. The molecule has 2 fully saturated rings. The van der Waals surface area contributed by atoms with Gasteiger partial charge in [0, 0.05) is 65.0 Å². The number of rotatable bonds is 9. The molecule has 2 atom stereocenters. The molecule has 2 aromatic rings. The number of Topliss-reactive ketones (excluding diaryl/α,β-unsaturated/α-hetero) is 1. The van der Waals surface area contributed by atoms with Crippen LogP contribution in [0.4, 0.5) is 9.59 Å². The molecular formula is C55H75LiN4O11. The number of carbonyl (C=O) groups is 6. The van der Waals surface area contributed by atoms with Gasteiger partial charge in [-0.2, -0.15) is 0 Å². The number of carbonyl (C=O) groups excluding carboxylic acids is 5. The van der Waals surface area contributed by atoms with Gasteiger partial charge in [0.2, 0.25) is 11.8 Å². The summed E-state index contributed by atoms with van der Waals surface area (Å²) in [5.41, 5.74) is 8.42. The average Bonchev–Trinajstić information content (AvgIpc) is 3.87. The summed E-state index contributed by atoms with van der Waals surface area (Å²) < 4.78 is 10.9. The van der Waals surface area contributed by atoms with Crippen LogP contribution >= 0.6 is 0 Å². The monoisotopic (exact) mass is 975 g/mol. The van der Waals surface area contributed by atoms with Crippen molar-refractivity contribution in [2.75, 3.05) is 46.9 Å². The SMILES string of the molecule is CN(CC1CCC(C(=O)N2CC3=C(CC2C(=O)CO)c2ccccc2C3)CC1)C(=O)OC(C)(C)C.CN(CC1CCC(C(=O)N2CC3=C(CC2C(=O)O)c2ccccc2C3)CC1)C(=O)OC(C)(C)C.[Li+].[OH-]. The van der Waals surface area contributed by atoms with Crippen LogP contribution in [-0.2, 0) is 41.5 Å². The van der Waals surface area contributed by atoms with E-state index >= 15 is 0 Å². The number of carboxylic acid groups (broad SMARTS) is 1. The summed E-state index contributed by atoms with van der Waals surface area (Å²) in [6.45, 7) is 12.6. The Balaban J connectivity index is 0.000000257. The van der Waals surface area contributed by atoms with Crippen LogP contribution in [0.5, 0.6) is 0 Å². The minimum Gasteiger partial charge on any atom is -0.870 e. The molecule has 8 rings (SSSR count). The number of ketones is 1. The normalized spacial score (nSPS) is 23.5. The third kappa shape index (κ3) is 13.8. The third-order valence-corrected chi connectivity index (χ3v) is 14.9. The summed E-state index contributed by atoms with van der Waals surface area (Å²) in [5.74, 6) is -0.872. The minimum absolute atomic E-state index is 0. The van der Waals surface area contributed by atoms with Crippen molar-refractivity contribution in [3.8, 4) is 0 Å². The van der Waals surface area contributed by atoms with Crippen molar-refractivity contribution < 1.29 is 72.8 Å². The zero-order valence-corrected chi connectivity index (χ0v) is 43.5. The molecule has 71 heavy (non-hydrogen) atoms. The van der Waals surface area contributed by atoms with E-state index in [2.05, 4.69) is 24.3 Å². The van der Waals surface area contributed by atoms with Gasteiger partial charge in [-0.05, 0) is 162 Å². The number of aliphatic carboxylic acids is 1. The predicted molar refractivity (Wildman–Crippen MR) is 265 cm³/mol. The number of nitrogens with zero attached hydrogens (tertiary/aromatic N) is 4. The van der Waals surface area contributed by atoms with E-state index in [9.17, 15) is 39.0 Å². The average molecular weight is 975 g/mol. The molecule has 16 heteroatoms. The molecule has 2 heterocycles. The first kappa shape index (κ1) is 57.0. The molecule has 0 spiro atoms. The van der Waals surface area contributed by atoms with Gasteiger partial charge < -0.3 is 44.8 Å². The molecule has 0 radical (unpaired) electrons. The summed E-state index contributed by atoms with van der Waals surface area (Å²) in [6.07, 6.45) is 8.15. The molecule has 2 saturated carbocycles. The quantitative estimate of drug-likeness (QED) is 0.320. The maximum atomic E-state index is 13.6. The number of carboxylic acids is 1. The van der Waals surface area contributed by atoms with Crippen LogP contribution in [0.15, 0.2) is 59.7 Å². The van der Waals surface area contributed by atoms with Gasteiger partial charge in [-0.15, -0.1) is 0 Å². The van der Waals surface area contributed by atoms with Crippen molar-refractivity contribution in [2.45, 2.75) is 142 Å². The Labute approximate surface area is 431 Å². The summed E-state index contributed by atoms with van der Waals surface area (Å²) in [4.78, 5) is 83.1. The van der Waals surface area contributed by atoms with Gasteiger partial charge in [0.05, 0.1) is 6.04 Å². The van der Waals surface area contributed by atoms with Crippen LogP contribution in [-0.4, -0.2) is 141 Å². The Morgan fingerprint density at radius 1 is 0.606 bits per heavy atom. The van der Waals surface area contributed by atoms with E-state index in [0.29, 0.717) is 50.9 Å². The van der Waals surface area contributed by atoms with Gasteiger partial charge >= 0.3 is 37.0 Å². The summed E-state index contributed by atoms with van der Waals surface area (Å²) in [5, 5.41) is 19.6. The maximum Gasteiger partial charge on any atom is 1.00 e. The third-order valence-electron chi connectivity index (χ3n) is 14.9. The number of hydrogen-bond donors (Lipinski definition) is 2. The van der Waals surface area contributed by atoms with Crippen molar-refractivity contribution >= 4 is 46.9 Å². The Kier molecular flexibility index (Phi) is 19.0. The topological polar surface area (TPSA) is 204 Å². The second kappa shape index (κ2) is 23.7. The van der Waals surface area contributed by atoms with Gasteiger partial charge in [0.15, 0.2) is 5.78 Å². The number of hydrogen-bond acceptors (Lipinski definition) is 10. The number of aliphatic hydroxyl groups excluding tert-OH is 1. The molecule has 2 aliphatic heterocycles. The van der Waals surface area contributed by atoms with Crippen LogP contribution in [0.3, 0.4) is 0 Å². The fourth-order valence-electron chi connectivity index (χ4n) is 11.4. The van der Waals surface area contributed by atoms with E-state index < -0.39 is 35.9 Å². The Morgan fingerprint density at radius 2 is 0.972 bits per heavy atom. The van der Waals surface area contributed by atoms with Gasteiger partial charge in [0.25, 0.3) is 0 Å². The first-order valence-electron chi connectivity index (χ1n) is 25.0. The fraction of sp³-hybridized carbons (Fsp3) is 0.600. The number of aliphatic hydroxyl groups is 1. The van der Waals surface area contributed by atoms with Crippen LogP contribution in [0.25, 0.3) is 11.1 Å². The molecule has 4 aliphatic carbocycles. The van der Waals surface area contributed by atoms with Crippen molar-refractivity contribution in [1.29, 1.82) is 0 Å². The molecule has 0 bridgehead atoms. The predicted octanol–water partition coefficient (Wildman–Crippen LogP) is 5.01. The molecule has 0 aromatic heterocycles. The second-order valence-corrected chi connectivity index (χ2v) is 22.3. The van der Waals surface area contributed by atoms with Crippen LogP contribution in [0, 0.1) is 23.7 Å². The Hall–Kier alpha value is -4.94. The van der Waals surface area contributed by atoms with Crippen molar-refractivity contribution in [3.05, 3.63) is 81.9 Å². The van der Waals surface area contributed by atoms with Crippen molar-refractivity contribution in [1.82, 2.24) is 19.6 Å². The number of fused-ring (bicyclic) bond motifs is 4. The molecule has 0 saturated heterocycles. The van der Waals surface area contributed by atoms with E-state index in [1.165, 1.54) is 33.4 Å². The molecule has 3 N–H and O–H groups in total. The van der Waals surface area contributed by atoms with E-state index in [0.717, 1.165) is 75.3 Å². The molecule has 4 amide bonds. The molecule has 2 aromatic carbocycles. The first-order chi connectivity index (χ1) is 32.6. The standard InChI is InChI=1S/C28H38N2O5.C27H36N2O5.Li.H2O/c1-28(2,3)35-27(34)29(4)15-18-9-11-19(12-10-18)26(33)30-16-21-13-20-7-5-6-8-22(20)23(21)14-24(30)25(32)17-31;1-27(2,3)34-26(33)28(4)15-17-9-11-18(12-10-17)24(30)29-16-20-13-19-7-5-6-8-21(19)22(20)14-23(29)25(31)32;;/h5-8,18-19,24,31H,9-17H2,1-4H3;5-8,17-18,23H,9-16H2,1-4H3,(H,31,32);;1H2/q;;+1;/p-1. The van der Waals surface area contributed by atoms with Crippen LogP contribution < -0.4 is 18.9 Å². The summed E-state index contributed by atoms with van der Waals surface area (Å²) in [6, 6.07) is 15.0. The molecule has 382 valence electrons. The largest absolute Gasteiger partial charge is 1.00 e. The van der Waals surface area contributed by atoms with Crippen LogP contribution in [0.2, 0.25) is 0 Å². The molecule has 2 unspecified atom stereocenters. The van der Waals surface area contributed by atoms with E-state index in [1.807, 2.05) is 65.8 Å². The minimum atomic E-state index is -0.933. The zero-order chi connectivity index (χ0) is 49.9. The second-order valence-electron chi connectivity index (χ2n) is 22.3. The Morgan fingerprint density at radius 3 is 1.34 bits per heavy atom. The molecule has 6 aliphatic rings. The van der Waals surface area contributed by atoms with Crippen molar-refractivity contribution in [3.63, 3.8) is 0 Å². The number of benzene rings is 2. The van der Waals surface area contributed by atoms with E-state index in [1.54, 1.807) is 33.7 Å². The van der Waals surface area contributed by atoms with Gasteiger partial charge in [-0.25, -0.2) is 14.4 Å². The fourth-order valence-corrected chi connectivity index (χ4v) is 11.4. The number of amides is 4. The van der Waals surface area contributed by atoms with Gasteiger partial charge in [-0.3, -0.25) is 14.4 Å². The first-order valence-corrected chi connectivity index (χ1v) is 25.0. The molecular weight excluding hydrogens is 900 g/mol. The van der Waals surface area contributed by atoms with E-state index in [-0.39, 0.29) is 66.0 Å². The summed E-state index contributed by atoms with van der Waals surface area (Å²) >= 11 is 0.